The number of hydrogen-bond acceptors (Lipinski definition) is 5. The van der Waals surface area contributed by atoms with Gasteiger partial charge in [0.25, 0.3) is 5.91 Å². The molecule has 2 aromatic heterocycles. The molecular formula is C23H23N5OS. The highest BCUT2D eigenvalue weighted by Crippen LogP contribution is 2.36. The van der Waals surface area contributed by atoms with Gasteiger partial charge >= 0.3 is 0 Å². The SMILES string of the molecule is CCCN(CC1CC1)C(=O)c1cc(-c2csc3ccccc23)cc(-n2cnnn2)c1. The molecule has 0 unspecified atom stereocenters. The summed E-state index contributed by atoms with van der Waals surface area (Å²) in [6.45, 7) is 3.74. The van der Waals surface area contributed by atoms with Crippen LogP contribution in [-0.2, 0) is 0 Å². The Balaban J connectivity index is 1.60. The van der Waals surface area contributed by atoms with E-state index in [0.29, 0.717) is 11.5 Å². The van der Waals surface area contributed by atoms with Gasteiger partial charge in [0.1, 0.15) is 6.33 Å². The van der Waals surface area contributed by atoms with Crippen LogP contribution in [0.4, 0.5) is 0 Å². The minimum absolute atomic E-state index is 0.0828. The third-order valence-corrected chi connectivity index (χ3v) is 6.49. The zero-order valence-electron chi connectivity index (χ0n) is 16.9. The molecule has 1 aliphatic carbocycles. The average molecular weight is 418 g/mol. The zero-order valence-corrected chi connectivity index (χ0v) is 17.7. The molecule has 4 aromatic rings. The Morgan fingerprint density at radius 2 is 2.10 bits per heavy atom. The number of nitrogens with zero attached hydrogens (tertiary/aromatic N) is 5. The van der Waals surface area contributed by atoms with E-state index in [1.54, 1.807) is 22.3 Å². The van der Waals surface area contributed by atoms with Crippen molar-refractivity contribution < 1.29 is 4.79 Å². The van der Waals surface area contributed by atoms with Crippen LogP contribution in [-0.4, -0.2) is 44.1 Å². The van der Waals surface area contributed by atoms with Gasteiger partial charge in [0.05, 0.1) is 5.69 Å². The summed E-state index contributed by atoms with van der Waals surface area (Å²) in [5, 5.41) is 14.9. The predicted molar refractivity (Wildman–Crippen MR) is 119 cm³/mol. The highest BCUT2D eigenvalue weighted by atomic mass is 32.1. The minimum Gasteiger partial charge on any atom is -0.338 e. The fourth-order valence-electron chi connectivity index (χ4n) is 3.84. The lowest BCUT2D eigenvalue weighted by atomic mass is 10.0. The summed E-state index contributed by atoms with van der Waals surface area (Å²) in [6.07, 6.45) is 4.97. The molecule has 30 heavy (non-hydrogen) atoms. The lowest BCUT2D eigenvalue weighted by molar-refractivity contribution is 0.0747. The molecule has 0 spiro atoms. The Bertz CT molecular complexity index is 1180. The van der Waals surface area contributed by atoms with Crippen molar-refractivity contribution in [2.75, 3.05) is 13.1 Å². The minimum atomic E-state index is 0.0828. The number of fused-ring (bicyclic) bond motifs is 1. The number of carbonyl (C=O) groups excluding carboxylic acids is 1. The summed E-state index contributed by atoms with van der Waals surface area (Å²) in [6, 6.07) is 14.3. The van der Waals surface area contributed by atoms with E-state index in [0.717, 1.165) is 36.3 Å². The van der Waals surface area contributed by atoms with Crippen LogP contribution in [0.15, 0.2) is 54.2 Å². The number of rotatable bonds is 7. The normalized spacial score (nSPS) is 13.6. The number of carbonyl (C=O) groups is 1. The zero-order chi connectivity index (χ0) is 20.5. The maximum Gasteiger partial charge on any atom is 0.253 e. The van der Waals surface area contributed by atoms with Gasteiger partial charge in [-0.2, -0.15) is 0 Å². The maximum absolute atomic E-state index is 13.5. The molecule has 1 aliphatic rings. The first-order valence-corrected chi connectivity index (χ1v) is 11.2. The number of tetrazole rings is 1. The molecule has 0 radical (unpaired) electrons. The largest absolute Gasteiger partial charge is 0.338 e. The van der Waals surface area contributed by atoms with Gasteiger partial charge in [-0.1, -0.05) is 25.1 Å². The van der Waals surface area contributed by atoms with E-state index in [9.17, 15) is 4.79 Å². The van der Waals surface area contributed by atoms with Crippen LogP contribution < -0.4 is 0 Å². The lowest BCUT2D eigenvalue weighted by Gasteiger charge is -2.23. The Morgan fingerprint density at radius 1 is 1.23 bits per heavy atom. The van der Waals surface area contributed by atoms with E-state index in [1.807, 2.05) is 23.1 Å². The van der Waals surface area contributed by atoms with Crippen LogP contribution in [0.2, 0.25) is 0 Å². The molecule has 0 saturated heterocycles. The topological polar surface area (TPSA) is 63.9 Å². The molecule has 2 aromatic carbocycles. The fraction of sp³-hybridized carbons (Fsp3) is 0.304. The molecular weight excluding hydrogens is 394 g/mol. The Kier molecular flexibility index (Phi) is 5.04. The standard InChI is InChI=1S/C23H23N5OS/c1-2-9-27(13-16-7-8-16)23(29)18-10-17(11-19(12-18)28-15-24-25-26-28)21-14-30-22-6-4-3-5-20(21)22/h3-6,10-12,14-16H,2,7-9,13H2,1H3. The van der Waals surface area contributed by atoms with Crippen molar-refractivity contribution in [3.05, 3.63) is 59.7 Å². The number of aromatic nitrogens is 4. The summed E-state index contributed by atoms with van der Waals surface area (Å²) >= 11 is 1.72. The third-order valence-electron chi connectivity index (χ3n) is 5.53. The Morgan fingerprint density at radius 3 is 2.87 bits per heavy atom. The monoisotopic (exact) mass is 417 g/mol. The van der Waals surface area contributed by atoms with Crippen LogP contribution in [0, 0.1) is 5.92 Å². The van der Waals surface area contributed by atoms with Crippen LogP contribution in [0.5, 0.6) is 0 Å². The fourth-order valence-corrected chi connectivity index (χ4v) is 4.81. The first kappa shape index (κ1) is 18.9. The number of hydrogen-bond donors (Lipinski definition) is 0. The highest BCUT2D eigenvalue weighted by Gasteiger charge is 2.27. The van der Waals surface area contributed by atoms with Gasteiger partial charge in [-0.05, 0) is 70.8 Å². The molecule has 2 heterocycles. The molecule has 1 saturated carbocycles. The van der Waals surface area contributed by atoms with Gasteiger partial charge < -0.3 is 4.90 Å². The molecule has 0 bridgehead atoms. The second kappa shape index (κ2) is 7.99. The quantitative estimate of drug-likeness (QED) is 0.433. The summed E-state index contributed by atoms with van der Waals surface area (Å²) in [4.78, 5) is 15.5. The molecule has 0 N–H and O–H groups in total. The van der Waals surface area contributed by atoms with Crippen LogP contribution in [0.25, 0.3) is 26.9 Å². The van der Waals surface area contributed by atoms with Crippen molar-refractivity contribution in [2.24, 2.45) is 5.92 Å². The third kappa shape index (κ3) is 3.73. The van der Waals surface area contributed by atoms with E-state index < -0.39 is 0 Å². The number of benzene rings is 2. The van der Waals surface area contributed by atoms with E-state index in [1.165, 1.54) is 22.9 Å². The second-order valence-electron chi connectivity index (χ2n) is 7.86. The number of amides is 1. The molecule has 152 valence electrons. The van der Waals surface area contributed by atoms with Crippen LogP contribution in [0.1, 0.15) is 36.5 Å². The molecule has 0 aliphatic heterocycles. The summed E-state index contributed by atoms with van der Waals surface area (Å²) in [5.74, 6) is 0.739. The second-order valence-corrected chi connectivity index (χ2v) is 8.77. The number of thiophene rings is 1. The summed E-state index contributed by atoms with van der Waals surface area (Å²) in [7, 11) is 0. The highest BCUT2D eigenvalue weighted by molar-refractivity contribution is 7.17. The molecule has 7 heteroatoms. The summed E-state index contributed by atoms with van der Waals surface area (Å²) < 4.78 is 2.84. The van der Waals surface area contributed by atoms with Gasteiger partial charge in [0.2, 0.25) is 0 Å². The van der Waals surface area contributed by atoms with Crippen LogP contribution in [0.3, 0.4) is 0 Å². The van der Waals surface area contributed by atoms with Gasteiger partial charge in [-0.3, -0.25) is 4.79 Å². The van der Waals surface area contributed by atoms with Gasteiger partial charge in [-0.15, -0.1) is 16.4 Å². The van der Waals surface area contributed by atoms with Crippen molar-refractivity contribution in [1.82, 2.24) is 25.1 Å². The van der Waals surface area contributed by atoms with Gasteiger partial charge in [0.15, 0.2) is 0 Å². The molecule has 6 nitrogen and oxygen atoms in total. The lowest BCUT2D eigenvalue weighted by Crippen LogP contribution is -2.33. The predicted octanol–water partition coefficient (Wildman–Crippen LogP) is 4.81. The molecule has 5 rings (SSSR count). The Labute approximate surface area is 179 Å². The van der Waals surface area contributed by atoms with E-state index in [-0.39, 0.29) is 5.91 Å². The smallest absolute Gasteiger partial charge is 0.253 e. The maximum atomic E-state index is 13.5. The summed E-state index contributed by atoms with van der Waals surface area (Å²) in [5.41, 5.74) is 3.61. The van der Waals surface area contributed by atoms with Crippen molar-refractivity contribution in [3.63, 3.8) is 0 Å². The van der Waals surface area contributed by atoms with Crippen molar-refractivity contribution in [1.29, 1.82) is 0 Å². The first-order valence-electron chi connectivity index (χ1n) is 10.4. The van der Waals surface area contributed by atoms with Gasteiger partial charge in [0, 0.05) is 34.3 Å². The van der Waals surface area contributed by atoms with E-state index in [4.69, 9.17) is 0 Å². The molecule has 0 atom stereocenters. The van der Waals surface area contributed by atoms with Crippen molar-refractivity contribution >= 4 is 27.3 Å². The van der Waals surface area contributed by atoms with Crippen molar-refractivity contribution in [2.45, 2.75) is 26.2 Å². The van der Waals surface area contributed by atoms with Gasteiger partial charge in [-0.25, -0.2) is 4.68 Å². The first-order chi connectivity index (χ1) is 14.7. The molecule has 1 fully saturated rings. The molecule has 1 amide bonds. The van der Waals surface area contributed by atoms with Crippen molar-refractivity contribution in [3.8, 4) is 16.8 Å². The van der Waals surface area contributed by atoms with E-state index >= 15 is 0 Å². The Hall–Kier alpha value is -3.06. The average Bonchev–Trinajstić information content (AvgIpc) is 3.26. The van der Waals surface area contributed by atoms with Crippen LogP contribution >= 0.6 is 11.3 Å². The van der Waals surface area contributed by atoms with E-state index in [2.05, 4.69) is 52.1 Å².